The maximum atomic E-state index is 12.1. The highest BCUT2D eigenvalue weighted by molar-refractivity contribution is 5.81. The van der Waals surface area contributed by atoms with Crippen LogP contribution >= 0.6 is 0 Å². The van der Waals surface area contributed by atoms with Crippen molar-refractivity contribution in [2.75, 3.05) is 20.1 Å². The number of hydrogen-bond acceptors (Lipinski definition) is 4. The molecular weight excluding hydrogens is 246 g/mol. The summed E-state index contributed by atoms with van der Waals surface area (Å²) in [5.41, 5.74) is 0. The van der Waals surface area contributed by atoms with Crippen molar-refractivity contribution in [3.05, 3.63) is 12.2 Å². The van der Waals surface area contributed by atoms with E-state index in [0.717, 1.165) is 25.9 Å². The second-order valence-electron chi connectivity index (χ2n) is 5.43. The van der Waals surface area contributed by atoms with E-state index in [4.69, 9.17) is 9.84 Å². The van der Waals surface area contributed by atoms with Crippen LogP contribution in [0.2, 0.25) is 0 Å². The highest BCUT2D eigenvalue weighted by atomic mass is 16.5. The van der Waals surface area contributed by atoms with E-state index in [9.17, 15) is 9.59 Å². The summed E-state index contributed by atoms with van der Waals surface area (Å²) in [5.74, 6) is -2.41. The molecule has 2 rings (SSSR count). The second kappa shape index (κ2) is 6.19. The van der Waals surface area contributed by atoms with Crippen LogP contribution in [-0.2, 0) is 14.3 Å². The zero-order valence-electron chi connectivity index (χ0n) is 11.2. The summed E-state index contributed by atoms with van der Waals surface area (Å²) in [5, 5.41) is 9.15. The van der Waals surface area contributed by atoms with Crippen molar-refractivity contribution in [3.63, 3.8) is 0 Å². The molecule has 1 aliphatic carbocycles. The maximum Gasteiger partial charge on any atom is 0.310 e. The number of esters is 1. The standard InChI is InChI=1S/C14H21NO4/c1-15-8-6-10(7-9-15)19-14(18)12-5-3-2-4-11(12)13(16)17/h2-3,10-12H,4-9H2,1H3,(H,16,17)/t11-,12-/m0/s1. The van der Waals surface area contributed by atoms with Crippen molar-refractivity contribution >= 4 is 11.9 Å². The van der Waals surface area contributed by atoms with Crippen molar-refractivity contribution < 1.29 is 19.4 Å². The van der Waals surface area contributed by atoms with E-state index < -0.39 is 17.8 Å². The Kier molecular flexibility index (Phi) is 4.58. The van der Waals surface area contributed by atoms with Gasteiger partial charge in [0.25, 0.3) is 0 Å². The molecule has 1 aliphatic heterocycles. The molecule has 19 heavy (non-hydrogen) atoms. The molecule has 5 heteroatoms. The van der Waals surface area contributed by atoms with Crippen LogP contribution in [0.15, 0.2) is 12.2 Å². The van der Waals surface area contributed by atoms with Crippen molar-refractivity contribution in [1.82, 2.24) is 4.90 Å². The summed E-state index contributed by atoms with van der Waals surface area (Å²) in [6.07, 6.45) is 6.22. The zero-order chi connectivity index (χ0) is 13.8. The number of likely N-dealkylation sites (tertiary alicyclic amines) is 1. The van der Waals surface area contributed by atoms with Crippen LogP contribution in [-0.4, -0.2) is 48.2 Å². The van der Waals surface area contributed by atoms with Gasteiger partial charge in [-0.25, -0.2) is 0 Å². The number of nitrogens with zero attached hydrogens (tertiary/aromatic N) is 1. The molecule has 0 saturated carbocycles. The van der Waals surface area contributed by atoms with Gasteiger partial charge in [0.2, 0.25) is 0 Å². The van der Waals surface area contributed by atoms with E-state index in [1.807, 2.05) is 19.2 Å². The number of rotatable bonds is 3. The molecule has 5 nitrogen and oxygen atoms in total. The molecule has 0 unspecified atom stereocenters. The predicted octanol–water partition coefficient (Wildman–Crippen LogP) is 1.29. The molecule has 0 aromatic carbocycles. The van der Waals surface area contributed by atoms with Crippen LogP contribution in [0.3, 0.4) is 0 Å². The molecule has 0 radical (unpaired) electrons. The Morgan fingerprint density at radius 3 is 2.32 bits per heavy atom. The van der Waals surface area contributed by atoms with Crippen LogP contribution in [0.5, 0.6) is 0 Å². The predicted molar refractivity (Wildman–Crippen MR) is 69.6 cm³/mol. The van der Waals surface area contributed by atoms with Gasteiger partial charge >= 0.3 is 11.9 Å². The van der Waals surface area contributed by atoms with Crippen LogP contribution < -0.4 is 0 Å². The molecule has 2 aliphatic rings. The smallest absolute Gasteiger partial charge is 0.310 e. The average molecular weight is 267 g/mol. The van der Waals surface area contributed by atoms with Gasteiger partial charge in [-0.2, -0.15) is 0 Å². The number of carboxylic acid groups (broad SMARTS) is 1. The maximum absolute atomic E-state index is 12.1. The number of hydrogen-bond donors (Lipinski definition) is 1. The summed E-state index contributed by atoms with van der Waals surface area (Å²) in [6.45, 7) is 1.84. The highest BCUT2D eigenvalue weighted by Crippen LogP contribution is 2.28. The van der Waals surface area contributed by atoms with E-state index >= 15 is 0 Å². The number of ether oxygens (including phenoxy) is 1. The molecule has 0 aromatic rings. The van der Waals surface area contributed by atoms with Crippen LogP contribution in [0.25, 0.3) is 0 Å². The Morgan fingerprint density at radius 1 is 1.16 bits per heavy atom. The van der Waals surface area contributed by atoms with Crippen molar-refractivity contribution in [2.45, 2.75) is 31.8 Å². The monoisotopic (exact) mass is 267 g/mol. The number of carboxylic acids is 1. The summed E-state index contributed by atoms with van der Waals surface area (Å²) >= 11 is 0. The van der Waals surface area contributed by atoms with Gasteiger partial charge in [0.15, 0.2) is 0 Å². The highest BCUT2D eigenvalue weighted by Gasteiger charge is 2.36. The first-order valence-electron chi connectivity index (χ1n) is 6.84. The van der Waals surface area contributed by atoms with Gasteiger partial charge in [-0.3, -0.25) is 9.59 Å². The van der Waals surface area contributed by atoms with E-state index in [-0.39, 0.29) is 12.1 Å². The van der Waals surface area contributed by atoms with Gasteiger partial charge < -0.3 is 14.7 Å². The van der Waals surface area contributed by atoms with E-state index in [0.29, 0.717) is 12.8 Å². The van der Waals surface area contributed by atoms with Crippen LogP contribution in [0.1, 0.15) is 25.7 Å². The van der Waals surface area contributed by atoms with E-state index in [1.54, 1.807) is 0 Å². The van der Waals surface area contributed by atoms with Gasteiger partial charge in [-0.15, -0.1) is 0 Å². The molecule has 1 heterocycles. The Hall–Kier alpha value is -1.36. The molecule has 1 N–H and O–H groups in total. The van der Waals surface area contributed by atoms with Gasteiger partial charge in [0.1, 0.15) is 6.10 Å². The molecule has 0 spiro atoms. The first-order valence-corrected chi connectivity index (χ1v) is 6.84. The molecule has 106 valence electrons. The van der Waals surface area contributed by atoms with Gasteiger partial charge in [-0.1, -0.05) is 12.2 Å². The van der Waals surface area contributed by atoms with Crippen LogP contribution in [0, 0.1) is 11.8 Å². The minimum atomic E-state index is -0.908. The van der Waals surface area contributed by atoms with E-state index in [2.05, 4.69) is 4.90 Å². The third kappa shape index (κ3) is 3.56. The van der Waals surface area contributed by atoms with Crippen molar-refractivity contribution in [1.29, 1.82) is 0 Å². The molecule has 1 fully saturated rings. The van der Waals surface area contributed by atoms with Gasteiger partial charge in [0, 0.05) is 13.1 Å². The fourth-order valence-electron chi connectivity index (χ4n) is 2.70. The van der Waals surface area contributed by atoms with Gasteiger partial charge in [-0.05, 0) is 32.7 Å². The average Bonchev–Trinajstić information content (AvgIpc) is 2.41. The minimum Gasteiger partial charge on any atom is -0.481 e. The van der Waals surface area contributed by atoms with Crippen molar-refractivity contribution in [3.8, 4) is 0 Å². The quantitative estimate of drug-likeness (QED) is 0.616. The van der Waals surface area contributed by atoms with Gasteiger partial charge in [0.05, 0.1) is 11.8 Å². The molecule has 0 amide bonds. The number of carbonyl (C=O) groups is 2. The third-order valence-electron chi connectivity index (χ3n) is 4.00. The lowest BCUT2D eigenvalue weighted by molar-refractivity contribution is -0.163. The normalized spacial score (nSPS) is 29.1. The first-order chi connectivity index (χ1) is 9.08. The summed E-state index contributed by atoms with van der Waals surface area (Å²) in [7, 11) is 2.05. The van der Waals surface area contributed by atoms with E-state index in [1.165, 1.54) is 0 Å². The number of piperidine rings is 1. The van der Waals surface area contributed by atoms with Crippen LogP contribution in [0.4, 0.5) is 0 Å². The molecular formula is C14H21NO4. The lowest BCUT2D eigenvalue weighted by atomic mass is 9.83. The fourth-order valence-corrected chi connectivity index (χ4v) is 2.70. The second-order valence-corrected chi connectivity index (χ2v) is 5.43. The molecule has 1 saturated heterocycles. The summed E-state index contributed by atoms with van der Waals surface area (Å²) in [4.78, 5) is 25.5. The summed E-state index contributed by atoms with van der Waals surface area (Å²) < 4.78 is 5.50. The number of aliphatic carboxylic acids is 1. The SMILES string of the molecule is CN1CCC(OC(=O)[C@H]2CC=CC[C@@H]2C(=O)O)CC1. The Morgan fingerprint density at radius 2 is 1.74 bits per heavy atom. The minimum absolute atomic E-state index is 0.0518. The molecule has 0 bridgehead atoms. The largest absolute Gasteiger partial charge is 0.481 e. The number of allylic oxidation sites excluding steroid dienone is 2. The Balaban J connectivity index is 1.91. The lowest BCUT2D eigenvalue weighted by Gasteiger charge is -2.31. The third-order valence-corrected chi connectivity index (χ3v) is 4.00. The lowest BCUT2D eigenvalue weighted by Crippen LogP contribution is -2.39. The number of carbonyl (C=O) groups excluding carboxylic acids is 1. The Bertz CT molecular complexity index is 372. The summed E-state index contributed by atoms with van der Waals surface area (Å²) in [6, 6.07) is 0. The molecule has 2 atom stereocenters. The Labute approximate surface area is 113 Å². The van der Waals surface area contributed by atoms with Crippen molar-refractivity contribution in [2.24, 2.45) is 11.8 Å². The topological polar surface area (TPSA) is 66.8 Å². The zero-order valence-corrected chi connectivity index (χ0v) is 11.2. The first kappa shape index (κ1) is 14.1. The molecule has 0 aromatic heterocycles. The fraction of sp³-hybridized carbons (Fsp3) is 0.714.